The highest BCUT2D eigenvalue weighted by molar-refractivity contribution is 6.11. The molecule has 0 saturated carbocycles. The van der Waals surface area contributed by atoms with Gasteiger partial charge in [-0.05, 0) is 51.5 Å². The second-order valence-corrected chi connectivity index (χ2v) is 4.86. The molecule has 4 heteroatoms. The first-order valence-electron chi connectivity index (χ1n) is 6.21. The van der Waals surface area contributed by atoms with E-state index in [4.69, 9.17) is 9.47 Å². The molecule has 0 radical (unpaired) electrons. The Morgan fingerprint density at radius 3 is 2.37 bits per heavy atom. The largest absolute Gasteiger partial charge is 0.496 e. The Kier molecular flexibility index (Phi) is 4.70. The minimum absolute atomic E-state index is 0.253. The number of carbonyl (C=O) groups is 2. The van der Waals surface area contributed by atoms with Crippen LogP contribution in [-0.4, -0.2) is 25.5 Å². The lowest BCUT2D eigenvalue weighted by Gasteiger charge is -2.21. The molecule has 0 aliphatic carbocycles. The summed E-state index contributed by atoms with van der Waals surface area (Å²) >= 11 is 0. The zero-order valence-electron chi connectivity index (χ0n) is 12.1. The second kappa shape index (κ2) is 5.87. The number of methoxy groups -OCH3 is 1. The number of carbonyl (C=O) groups excluding carboxylic acids is 2. The van der Waals surface area contributed by atoms with Crippen molar-refractivity contribution in [3.05, 3.63) is 29.3 Å². The summed E-state index contributed by atoms with van der Waals surface area (Å²) in [5, 5.41) is 0. The molecule has 0 aliphatic heterocycles. The third-order valence-electron chi connectivity index (χ3n) is 3.01. The van der Waals surface area contributed by atoms with Gasteiger partial charge in [-0.1, -0.05) is 0 Å². The summed E-state index contributed by atoms with van der Waals surface area (Å²) in [6.07, 6.45) is 0. The van der Waals surface area contributed by atoms with E-state index in [9.17, 15) is 9.59 Å². The molecule has 0 aromatic heterocycles. The molecule has 0 N–H and O–H groups in total. The molecule has 0 spiro atoms. The topological polar surface area (TPSA) is 52.6 Å². The fourth-order valence-corrected chi connectivity index (χ4v) is 1.78. The predicted octanol–water partition coefficient (Wildman–Crippen LogP) is 2.78. The lowest BCUT2D eigenvalue weighted by Crippen LogP contribution is -2.35. The van der Waals surface area contributed by atoms with Crippen LogP contribution in [0.1, 0.15) is 36.7 Å². The minimum atomic E-state index is -1.18. The third-order valence-corrected chi connectivity index (χ3v) is 3.01. The van der Waals surface area contributed by atoms with Gasteiger partial charge in [0.2, 0.25) is 0 Å². The van der Waals surface area contributed by atoms with Gasteiger partial charge in [0.15, 0.2) is 5.78 Å². The van der Waals surface area contributed by atoms with E-state index in [0.29, 0.717) is 11.3 Å². The molecule has 1 rings (SSSR count). The molecule has 0 aliphatic rings. The van der Waals surface area contributed by atoms with Crippen LogP contribution in [0.4, 0.5) is 0 Å². The van der Waals surface area contributed by atoms with Crippen LogP contribution >= 0.6 is 0 Å². The number of Topliss-reactive ketones (excluding diaryl/α,β-unsaturated/α-hetero) is 1. The summed E-state index contributed by atoms with van der Waals surface area (Å²) < 4.78 is 10.1. The van der Waals surface area contributed by atoms with Gasteiger partial charge >= 0.3 is 5.97 Å². The molecule has 0 amide bonds. The van der Waals surface area contributed by atoms with Crippen molar-refractivity contribution in [3.8, 4) is 5.75 Å². The van der Waals surface area contributed by atoms with E-state index < -0.39 is 11.4 Å². The van der Waals surface area contributed by atoms with Crippen molar-refractivity contribution in [2.24, 2.45) is 5.41 Å². The van der Waals surface area contributed by atoms with Gasteiger partial charge in [-0.3, -0.25) is 9.59 Å². The molecule has 0 atom stereocenters. The Balaban J connectivity index is 3.06. The van der Waals surface area contributed by atoms with Crippen molar-refractivity contribution in [2.75, 3.05) is 13.7 Å². The summed E-state index contributed by atoms with van der Waals surface area (Å²) in [5.74, 6) is -0.0457. The highest BCUT2D eigenvalue weighted by Gasteiger charge is 2.38. The van der Waals surface area contributed by atoms with Crippen LogP contribution in [0.2, 0.25) is 0 Å². The van der Waals surface area contributed by atoms with E-state index >= 15 is 0 Å². The molecular weight excluding hydrogens is 244 g/mol. The molecule has 19 heavy (non-hydrogen) atoms. The van der Waals surface area contributed by atoms with Crippen molar-refractivity contribution in [3.63, 3.8) is 0 Å². The van der Waals surface area contributed by atoms with E-state index in [-0.39, 0.29) is 12.4 Å². The van der Waals surface area contributed by atoms with E-state index in [1.54, 1.807) is 46.1 Å². The van der Waals surface area contributed by atoms with E-state index in [1.165, 1.54) is 0 Å². The number of hydrogen-bond donors (Lipinski definition) is 0. The highest BCUT2D eigenvalue weighted by atomic mass is 16.5. The molecule has 0 fully saturated rings. The van der Waals surface area contributed by atoms with Crippen LogP contribution in [0.15, 0.2) is 18.2 Å². The smallest absolute Gasteiger partial charge is 0.319 e. The molecule has 0 heterocycles. The summed E-state index contributed by atoms with van der Waals surface area (Å²) in [6.45, 7) is 6.99. The van der Waals surface area contributed by atoms with Gasteiger partial charge in [0.1, 0.15) is 11.2 Å². The fraction of sp³-hybridized carbons (Fsp3) is 0.467. The van der Waals surface area contributed by atoms with Gasteiger partial charge in [0.05, 0.1) is 13.7 Å². The summed E-state index contributed by atoms with van der Waals surface area (Å²) in [4.78, 5) is 24.2. The number of aryl methyl sites for hydroxylation is 1. The number of rotatable bonds is 5. The number of benzene rings is 1. The minimum Gasteiger partial charge on any atom is -0.496 e. The van der Waals surface area contributed by atoms with Gasteiger partial charge in [0, 0.05) is 5.56 Å². The number of esters is 1. The number of ether oxygens (including phenoxy) is 2. The first-order chi connectivity index (χ1) is 8.84. The van der Waals surface area contributed by atoms with Gasteiger partial charge in [-0.15, -0.1) is 0 Å². The molecule has 1 aromatic carbocycles. The number of ketones is 1. The monoisotopic (exact) mass is 264 g/mol. The lowest BCUT2D eigenvalue weighted by molar-refractivity contribution is -0.150. The van der Waals surface area contributed by atoms with Crippen molar-refractivity contribution in [1.82, 2.24) is 0 Å². The lowest BCUT2D eigenvalue weighted by atomic mass is 9.84. The average molecular weight is 264 g/mol. The molecule has 104 valence electrons. The maximum Gasteiger partial charge on any atom is 0.319 e. The molecular formula is C15H20O4. The normalized spacial score (nSPS) is 11.0. The summed E-state index contributed by atoms with van der Waals surface area (Å²) in [6, 6.07) is 5.11. The van der Waals surface area contributed by atoms with Crippen molar-refractivity contribution in [1.29, 1.82) is 0 Å². The quantitative estimate of drug-likeness (QED) is 0.466. The van der Waals surface area contributed by atoms with Crippen LogP contribution < -0.4 is 4.74 Å². The summed E-state index contributed by atoms with van der Waals surface area (Å²) in [7, 11) is 1.58. The first-order valence-corrected chi connectivity index (χ1v) is 6.21. The maximum atomic E-state index is 12.4. The van der Waals surface area contributed by atoms with Crippen LogP contribution in [0, 0.1) is 12.3 Å². The first kappa shape index (κ1) is 15.2. The Bertz CT molecular complexity index is 489. The van der Waals surface area contributed by atoms with E-state index in [2.05, 4.69) is 0 Å². The summed E-state index contributed by atoms with van der Waals surface area (Å²) in [5.41, 5.74) is 0.154. The SMILES string of the molecule is CCOC(=O)C(C)(C)C(=O)c1ccc(OC)c(C)c1. The Hall–Kier alpha value is -1.84. The number of hydrogen-bond acceptors (Lipinski definition) is 4. The zero-order valence-corrected chi connectivity index (χ0v) is 12.1. The second-order valence-electron chi connectivity index (χ2n) is 4.86. The molecule has 4 nitrogen and oxygen atoms in total. The molecule has 1 aromatic rings. The standard InChI is InChI=1S/C15H20O4/c1-6-19-14(17)15(3,4)13(16)11-7-8-12(18-5)10(2)9-11/h7-9H,6H2,1-5H3. The molecule has 0 saturated heterocycles. The van der Waals surface area contributed by atoms with Crippen molar-refractivity contribution < 1.29 is 19.1 Å². The van der Waals surface area contributed by atoms with Crippen LogP contribution in [-0.2, 0) is 9.53 Å². The van der Waals surface area contributed by atoms with Gasteiger partial charge in [-0.25, -0.2) is 0 Å². The van der Waals surface area contributed by atoms with E-state index in [1.807, 2.05) is 6.92 Å². The van der Waals surface area contributed by atoms with Crippen molar-refractivity contribution in [2.45, 2.75) is 27.7 Å². The van der Waals surface area contributed by atoms with E-state index in [0.717, 1.165) is 5.56 Å². The van der Waals surface area contributed by atoms with Crippen LogP contribution in [0.3, 0.4) is 0 Å². The Labute approximate surface area is 113 Å². The highest BCUT2D eigenvalue weighted by Crippen LogP contribution is 2.26. The average Bonchev–Trinajstić information content (AvgIpc) is 2.37. The van der Waals surface area contributed by atoms with Gasteiger partial charge < -0.3 is 9.47 Å². The predicted molar refractivity (Wildman–Crippen MR) is 72.5 cm³/mol. The maximum absolute atomic E-state index is 12.4. The van der Waals surface area contributed by atoms with Gasteiger partial charge in [-0.2, -0.15) is 0 Å². The zero-order chi connectivity index (χ0) is 14.6. The fourth-order valence-electron chi connectivity index (χ4n) is 1.78. The molecule has 0 unspecified atom stereocenters. The Morgan fingerprint density at radius 2 is 1.89 bits per heavy atom. The Morgan fingerprint density at radius 1 is 1.26 bits per heavy atom. The van der Waals surface area contributed by atoms with Crippen LogP contribution in [0.25, 0.3) is 0 Å². The van der Waals surface area contributed by atoms with Crippen LogP contribution in [0.5, 0.6) is 5.75 Å². The van der Waals surface area contributed by atoms with Gasteiger partial charge in [0.25, 0.3) is 0 Å². The molecule has 0 bridgehead atoms. The third kappa shape index (κ3) is 3.13. The van der Waals surface area contributed by atoms with Crippen molar-refractivity contribution >= 4 is 11.8 Å².